The van der Waals surface area contributed by atoms with Gasteiger partial charge in [0.15, 0.2) is 0 Å². The first-order valence-electron chi connectivity index (χ1n) is 10.4. The number of aliphatic hydroxyl groups is 1. The lowest BCUT2D eigenvalue weighted by atomic mass is 9.70. The van der Waals surface area contributed by atoms with Gasteiger partial charge in [0.1, 0.15) is 0 Å². The molecule has 4 rings (SSSR count). The second-order valence-electron chi connectivity index (χ2n) is 8.14. The van der Waals surface area contributed by atoms with Crippen molar-refractivity contribution in [3.8, 4) is 6.07 Å². The number of likely N-dealkylation sites (N-methyl/N-ethyl adjacent to an activating group) is 1. The van der Waals surface area contributed by atoms with Gasteiger partial charge in [-0.25, -0.2) is 0 Å². The quantitative estimate of drug-likeness (QED) is 0.762. The van der Waals surface area contributed by atoms with E-state index in [0.717, 1.165) is 48.9 Å². The summed E-state index contributed by atoms with van der Waals surface area (Å²) in [7, 11) is 1.80. The van der Waals surface area contributed by atoms with Crippen molar-refractivity contribution >= 4 is 24.0 Å². The van der Waals surface area contributed by atoms with Crippen LogP contribution in [0.3, 0.4) is 0 Å². The van der Waals surface area contributed by atoms with Gasteiger partial charge in [-0.1, -0.05) is 49.6 Å². The van der Waals surface area contributed by atoms with Gasteiger partial charge in [-0.3, -0.25) is 4.79 Å². The molecule has 0 saturated heterocycles. The van der Waals surface area contributed by atoms with E-state index in [4.69, 9.17) is 0 Å². The van der Waals surface area contributed by atoms with E-state index in [1.807, 2.05) is 42.5 Å². The first kappa shape index (κ1) is 22.3. The Bertz CT molecular complexity index is 935. The van der Waals surface area contributed by atoms with Crippen molar-refractivity contribution in [2.75, 3.05) is 18.5 Å². The highest BCUT2D eigenvalue weighted by Crippen LogP contribution is 2.53. The molecule has 0 unspecified atom stereocenters. The van der Waals surface area contributed by atoms with E-state index in [-0.39, 0.29) is 18.3 Å². The number of carbonyl (C=O) groups excluding carboxylic acids is 1. The molecule has 2 aromatic carbocycles. The molecular formula is C24H28ClN3O2. The number of rotatable bonds is 5. The number of anilines is 1. The Hall–Kier alpha value is -2.39. The first-order chi connectivity index (χ1) is 14.1. The summed E-state index contributed by atoms with van der Waals surface area (Å²) < 4.78 is 0. The third kappa shape index (κ3) is 3.60. The van der Waals surface area contributed by atoms with Crippen molar-refractivity contribution in [1.82, 2.24) is 5.32 Å². The normalized spacial score (nSPS) is 19.0. The Morgan fingerprint density at radius 1 is 1.17 bits per heavy atom. The van der Waals surface area contributed by atoms with Crippen LogP contribution in [0.25, 0.3) is 0 Å². The standard InChI is InChI=1S/C24H27N3O2.ClH/c1-26-16-21(28)22(18-8-4-2-5-9-18)27-20-11-10-17(15-25)14-19(20)24(23(27)29)12-6-3-7-13-24;/h2,4-5,8-11,14,21-22,26,28H,3,6-7,12-13,16H2,1H3;1H/t21-,22+;/m1./s1. The minimum atomic E-state index is -0.756. The van der Waals surface area contributed by atoms with Crippen molar-refractivity contribution in [1.29, 1.82) is 5.26 Å². The van der Waals surface area contributed by atoms with Gasteiger partial charge in [0.25, 0.3) is 0 Å². The fourth-order valence-corrected chi connectivity index (χ4v) is 5.08. The molecule has 1 amide bonds. The number of carbonyl (C=O) groups is 1. The fourth-order valence-electron chi connectivity index (χ4n) is 5.08. The van der Waals surface area contributed by atoms with Crippen LogP contribution < -0.4 is 10.2 Å². The lowest BCUT2D eigenvalue weighted by molar-refractivity contribution is -0.125. The van der Waals surface area contributed by atoms with Gasteiger partial charge in [-0.05, 0) is 49.2 Å². The zero-order valence-corrected chi connectivity index (χ0v) is 18.0. The van der Waals surface area contributed by atoms with E-state index in [9.17, 15) is 15.2 Å². The predicted octanol–water partition coefficient (Wildman–Crippen LogP) is 3.85. The second-order valence-corrected chi connectivity index (χ2v) is 8.14. The highest BCUT2D eigenvalue weighted by molar-refractivity contribution is 6.09. The summed E-state index contributed by atoms with van der Waals surface area (Å²) in [5.74, 6) is 0.0614. The molecule has 1 aliphatic carbocycles. The fraction of sp³-hybridized carbons (Fsp3) is 0.417. The van der Waals surface area contributed by atoms with Gasteiger partial charge in [-0.2, -0.15) is 5.26 Å². The van der Waals surface area contributed by atoms with E-state index in [0.29, 0.717) is 12.1 Å². The van der Waals surface area contributed by atoms with Gasteiger partial charge in [-0.15, -0.1) is 12.4 Å². The SMILES string of the molecule is CNC[C@@H](O)[C@H](c1ccccc1)N1C(=O)C2(CCCCC2)c2cc(C#N)ccc21.Cl. The van der Waals surface area contributed by atoms with Crippen LogP contribution in [0.5, 0.6) is 0 Å². The molecule has 1 heterocycles. The maximum Gasteiger partial charge on any atom is 0.238 e. The summed E-state index contributed by atoms with van der Waals surface area (Å²) >= 11 is 0. The Balaban J connectivity index is 0.00000256. The number of nitrogens with one attached hydrogen (secondary N) is 1. The molecule has 0 radical (unpaired) electrons. The molecule has 30 heavy (non-hydrogen) atoms. The van der Waals surface area contributed by atoms with Crippen LogP contribution in [-0.2, 0) is 10.2 Å². The van der Waals surface area contributed by atoms with Crippen LogP contribution in [0.15, 0.2) is 48.5 Å². The molecular weight excluding hydrogens is 398 g/mol. The molecule has 2 aromatic rings. The lowest BCUT2D eigenvalue weighted by Crippen LogP contribution is -2.47. The maximum atomic E-state index is 14.0. The van der Waals surface area contributed by atoms with E-state index >= 15 is 0 Å². The van der Waals surface area contributed by atoms with Crippen LogP contribution in [0.1, 0.15) is 54.8 Å². The number of nitrogens with zero attached hydrogens (tertiary/aromatic N) is 2. The molecule has 158 valence electrons. The molecule has 1 fully saturated rings. The Kier molecular flexibility index (Phi) is 6.82. The number of amides is 1. The number of fused-ring (bicyclic) bond motifs is 2. The van der Waals surface area contributed by atoms with Crippen molar-refractivity contribution < 1.29 is 9.90 Å². The molecule has 0 aromatic heterocycles. The maximum absolute atomic E-state index is 14.0. The van der Waals surface area contributed by atoms with E-state index in [1.54, 1.807) is 18.0 Å². The van der Waals surface area contributed by atoms with E-state index in [2.05, 4.69) is 11.4 Å². The molecule has 5 nitrogen and oxygen atoms in total. The van der Waals surface area contributed by atoms with Gasteiger partial charge in [0, 0.05) is 12.2 Å². The van der Waals surface area contributed by atoms with Gasteiger partial charge in [0.05, 0.1) is 29.2 Å². The number of benzene rings is 2. The van der Waals surface area contributed by atoms with Crippen molar-refractivity contribution in [2.24, 2.45) is 0 Å². The number of halogens is 1. The summed E-state index contributed by atoms with van der Waals surface area (Å²) in [5.41, 5.74) is 2.70. The molecule has 2 N–H and O–H groups in total. The van der Waals surface area contributed by atoms with Crippen LogP contribution in [0.2, 0.25) is 0 Å². The number of hydrogen-bond acceptors (Lipinski definition) is 4. The molecule has 0 bridgehead atoms. The topological polar surface area (TPSA) is 76.4 Å². The van der Waals surface area contributed by atoms with Crippen molar-refractivity contribution in [3.63, 3.8) is 0 Å². The van der Waals surface area contributed by atoms with Crippen molar-refractivity contribution in [3.05, 3.63) is 65.2 Å². The average molecular weight is 426 g/mol. The molecule has 2 atom stereocenters. The molecule has 1 aliphatic heterocycles. The van der Waals surface area contributed by atoms with Crippen LogP contribution in [0, 0.1) is 11.3 Å². The minimum Gasteiger partial charge on any atom is -0.389 e. The van der Waals surface area contributed by atoms with Crippen LogP contribution in [-0.4, -0.2) is 30.7 Å². The zero-order chi connectivity index (χ0) is 20.4. The highest BCUT2D eigenvalue weighted by Gasteiger charge is 2.53. The molecule has 1 saturated carbocycles. The monoisotopic (exact) mass is 425 g/mol. The van der Waals surface area contributed by atoms with E-state index < -0.39 is 17.6 Å². The summed E-state index contributed by atoms with van der Waals surface area (Å²) in [6, 6.07) is 17.0. The van der Waals surface area contributed by atoms with Crippen LogP contribution >= 0.6 is 12.4 Å². The minimum absolute atomic E-state index is 0. The number of aliphatic hydroxyl groups excluding tert-OH is 1. The second kappa shape index (κ2) is 9.18. The summed E-state index contributed by atoms with van der Waals surface area (Å²) in [5, 5.41) is 23.5. The molecule has 2 aliphatic rings. The largest absolute Gasteiger partial charge is 0.389 e. The smallest absolute Gasteiger partial charge is 0.238 e. The number of hydrogen-bond donors (Lipinski definition) is 2. The summed E-state index contributed by atoms with van der Waals surface area (Å²) in [6.45, 7) is 0.377. The molecule has 1 spiro atoms. The first-order valence-corrected chi connectivity index (χ1v) is 10.4. The Morgan fingerprint density at radius 3 is 2.50 bits per heavy atom. The zero-order valence-electron chi connectivity index (χ0n) is 17.2. The summed E-state index contributed by atoms with van der Waals surface area (Å²) in [6.07, 6.45) is 3.98. The number of nitriles is 1. The van der Waals surface area contributed by atoms with Gasteiger partial charge in [0.2, 0.25) is 5.91 Å². The highest BCUT2D eigenvalue weighted by atomic mass is 35.5. The molecule has 6 heteroatoms. The van der Waals surface area contributed by atoms with E-state index in [1.165, 1.54) is 0 Å². The predicted molar refractivity (Wildman–Crippen MR) is 120 cm³/mol. The van der Waals surface area contributed by atoms with Gasteiger partial charge >= 0.3 is 0 Å². The van der Waals surface area contributed by atoms with Crippen LogP contribution in [0.4, 0.5) is 5.69 Å². The van der Waals surface area contributed by atoms with Crippen molar-refractivity contribution in [2.45, 2.75) is 49.7 Å². The summed E-state index contributed by atoms with van der Waals surface area (Å²) in [4.78, 5) is 15.8. The third-order valence-corrected chi connectivity index (χ3v) is 6.43. The Labute approximate surface area is 184 Å². The average Bonchev–Trinajstić information content (AvgIpc) is 2.98. The third-order valence-electron chi connectivity index (χ3n) is 6.43. The Morgan fingerprint density at radius 2 is 1.87 bits per heavy atom. The lowest BCUT2D eigenvalue weighted by Gasteiger charge is -2.36. The van der Waals surface area contributed by atoms with Gasteiger partial charge < -0.3 is 15.3 Å².